The van der Waals surface area contributed by atoms with Crippen molar-refractivity contribution in [3.8, 4) is 0 Å². The van der Waals surface area contributed by atoms with Crippen molar-refractivity contribution in [3.63, 3.8) is 0 Å². The zero-order valence-electron chi connectivity index (χ0n) is 4.93. The van der Waals surface area contributed by atoms with Crippen LogP contribution in [0.2, 0.25) is 0 Å². The zero-order valence-corrected chi connectivity index (χ0v) is 7.20. The lowest BCUT2D eigenvalue weighted by Crippen LogP contribution is -2.00. The third-order valence-electron chi connectivity index (χ3n) is 0.234. The van der Waals surface area contributed by atoms with Crippen LogP contribution in [0.15, 0.2) is 0 Å². The number of aliphatic hydroxyl groups excluding tert-OH is 2. The number of alkyl halides is 3. The van der Waals surface area contributed by atoms with Crippen LogP contribution in [-0.2, 0) is 4.79 Å². The third kappa shape index (κ3) is 23.7. The van der Waals surface area contributed by atoms with Gasteiger partial charge in [0.2, 0.25) is 3.79 Å². The van der Waals surface area contributed by atoms with Crippen LogP contribution in [0.5, 0.6) is 0 Å². The molecule has 0 aliphatic carbocycles. The molecule has 0 aromatic carbocycles. The van der Waals surface area contributed by atoms with E-state index in [0.29, 0.717) is 0 Å². The number of hydrogen-bond donors (Lipinski definition) is 2. The highest BCUT2D eigenvalue weighted by Crippen LogP contribution is 2.21. The predicted molar refractivity (Wildman–Crippen MR) is 40.5 cm³/mol. The van der Waals surface area contributed by atoms with Gasteiger partial charge in [0.1, 0.15) is 0 Å². The summed E-state index contributed by atoms with van der Waals surface area (Å²) in [6.07, 6.45) is 0.234. The maximum atomic E-state index is 9.43. The van der Waals surface area contributed by atoms with Gasteiger partial charge in [-0.05, 0) is 0 Å². The minimum Gasteiger partial charge on any atom is -0.394 e. The minimum atomic E-state index is -1.72. The minimum absolute atomic E-state index is 0.125. The highest BCUT2D eigenvalue weighted by Gasteiger charge is 2.16. The number of hydrogen-bond acceptors (Lipinski definition) is 3. The van der Waals surface area contributed by atoms with Gasteiger partial charge in [0.05, 0.1) is 13.2 Å². The van der Waals surface area contributed by atoms with Crippen LogP contribution in [0, 0.1) is 0 Å². The van der Waals surface area contributed by atoms with Gasteiger partial charge in [-0.1, -0.05) is 34.8 Å². The highest BCUT2D eigenvalue weighted by molar-refractivity contribution is 6.74. The lowest BCUT2D eigenvalue weighted by molar-refractivity contribution is -0.107. The van der Waals surface area contributed by atoms with Gasteiger partial charge in [0.15, 0.2) is 6.29 Å². The van der Waals surface area contributed by atoms with Gasteiger partial charge in [-0.2, -0.15) is 0 Å². The van der Waals surface area contributed by atoms with E-state index in [1.807, 2.05) is 0 Å². The summed E-state index contributed by atoms with van der Waals surface area (Å²) in [5, 5.41) is 15.2. The van der Waals surface area contributed by atoms with E-state index in [2.05, 4.69) is 0 Å². The van der Waals surface area contributed by atoms with Crippen LogP contribution in [0.3, 0.4) is 0 Å². The Morgan fingerprint density at radius 2 is 1.40 bits per heavy atom. The first-order valence-electron chi connectivity index (χ1n) is 2.22. The second-order valence-corrected chi connectivity index (χ2v) is 3.48. The van der Waals surface area contributed by atoms with Crippen molar-refractivity contribution >= 4 is 41.1 Å². The lowest BCUT2D eigenvalue weighted by Gasteiger charge is -1.93. The van der Waals surface area contributed by atoms with Crippen molar-refractivity contribution in [1.29, 1.82) is 0 Å². The summed E-state index contributed by atoms with van der Waals surface area (Å²) in [5.74, 6) is 0. The Morgan fingerprint density at radius 1 is 1.20 bits per heavy atom. The van der Waals surface area contributed by atoms with Crippen molar-refractivity contribution in [2.45, 2.75) is 3.79 Å². The Kier molecular flexibility index (Phi) is 9.90. The Morgan fingerprint density at radius 3 is 1.40 bits per heavy atom. The molecule has 0 spiro atoms. The van der Waals surface area contributed by atoms with Crippen molar-refractivity contribution < 1.29 is 15.0 Å². The molecule has 0 aliphatic heterocycles. The Bertz CT molecular complexity index is 78.3. The molecule has 0 bridgehead atoms. The van der Waals surface area contributed by atoms with Gasteiger partial charge in [-0.25, -0.2) is 0 Å². The Hall–Kier alpha value is 0.460. The van der Waals surface area contributed by atoms with E-state index in [0.717, 1.165) is 0 Å². The third-order valence-corrected chi connectivity index (χ3v) is 0.501. The predicted octanol–water partition coefficient (Wildman–Crippen LogP) is 0.527. The van der Waals surface area contributed by atoms with E-state index in [-0.39, 0.29) is 19.5 Å². The molecular formula is C4H7Cl3O3. The number of carbonyl (C=O) groups excluding carboxylic acids is 1. The second kappa shape index (κ2) is 7.57. The molecule has 0 heterocycles. The van der Waals surface area contributed by atoms with Crippen LogP contribution in [-0.4, -0.2) is 33.5 Å². The zero-order chi connectivity index (χ0) is 8.62. The lowest BCUT2D eigenvalue weighted by atomic mass is 10.8. The summed E-state index contributed by atoms with van der Waals surface area (Å²) in [4.78, 5) is 9.43. The van der Waals surface area contributed by atoms with E-state index < -0.39 is 3.79 Å². The maximum absolute atomic E-state index is 9.43. The Labute approximate surface area is 73.5 Å². The summed E-state index contributed by atoms with van der Waals surface area (Å²) in [5.41, 5.74) is 0. The van der Waals surface area contributed by atoms with Crippen LogP contribution in [0.25, 0.3) is 0 Å². The molecule has 10 heavy (non-hydrogen) atoms. The maximum Gasteiger partial charge on any atom is 0.245 e. The second-order valence-electron chi connectivity index (χ2n) is 1.11. The Balaban J connectivity index is 0. The van der Waals surface area contributed by atoms with E-state index in [1.54, 1.807) is 0 Å². The summed E-state index contributed by atoms with van der Waals surface area (Å²) < 4.78 is -1.72. The summed E-state index contributed by atoms with van der Waals surface area (Å²) >= 11 is 14.6. The average Bonchev–Trinajstić information content (AvgIpc) is 1.87. The van der Waals surface area contributed by atoms with Crippen molar-refractivity contribution in [1.82, 2.24) is 0 Å². The molecule has 0 atom stereocenters. The molecule has 0 saturated heterocycles. The average molecular weight is 209 g/mol. The molecule has 0 unspecified atom stereocenters. The van der Waals surface area contributed by atoms with Gasteiger partial charge >= 0.3 is 0 Å². The SMILES string of the molecule is O=CC(Cl)(Cl)Cl.OCCO. The molecule has 2 N–H and O–H groups in total. The molecule has 0 radical (unpaired) electrons. The summed E-state index contributed by atoms with van der Waals surface area (Å²) in [7, 11) is 0. The van der Waals surface area contributed by atoms with Crippen LogP contribution >= 0.6 is 34.8 Å². The van der Waals surface area contributed by atoms with Crippen molar-refractivity contribution in [2.24, 2.45) is 0 Å². The molecule has 0 aromatic rings. The van der Waals surface area contributed by atoms with Gasteiger partial charge in [0, 0.05) is 0 Å². The fourth-order valence-electron chi connectivity index (χ4n) is 0. The quantitative estimate of drug-likeness (QED) is 0.489. The molecular weight excluding hydrogens is 202 g/mol. The van der Waals surface area contributed by atoms with E-state index in [9.17, 15) is 4.79 Å². The molecule has 62 valence electrons. The molecule has 6 heteroatoms. The molecule has 0 aliphatic rings. The van der Waals surface area contributed by atoms with Crippen LogP contribution < -0.4 is 0 Å². The van der Waals surface area contributed by atoms with E-state index in [1.165, 1.54) is 0 Å². The van der Waals surface area contributed by atoms with Gasteiger partial charge < -0.3 is 10.2 Å². The summed E-state index contributed by atoms with van der Waals surface area (Å²) in [6.45, 7) is -0.250. The molecule has 0 aromatic heterocycles. The first-order chi connectivity index (χ1) is 4.47. The highest BCUT2D eigenvalue weighted by atomic mass is 35.6. The fraction of sp³-hybridized carbons (Fsp3) is 0.750. The topological polar surface area (TPSA) is 57.5 Å². The number of aldehydes is 1. The summed E-state index contributed by atoms with van der Waals surface area (Å²) in [6, 6.07) is 0. The molecule has 0 amide bonds. The number of halogens is 3. The van der Waals surface area contributed by atoms with Gasteiger partial charge in [-0.15, -0.1) is 0 Å². The first kappa shape index (κ1) is 13.1. The number of carbonyl (C=O) groups is 1. The fourth-order valence-corrected chi connectivity index (χ4v) is 0. The van der Waals surface area contributed by atoms with E-state index >= 15 is 0 Å². The van der Waals surface area contributed by atoms with E-state index in [4.69, 9.17) is 45.0 Å². The smallest absolute Gasteiger partial charge is 0.245 e. The first-order valence-corrected chi connectivity index (χ1v) is 3.36. The van der Waals surface area contributed by atoms with Gasteiger partial charge in [0.25, 0.3) is 0 Å². The normalized spacial score (nSPS) is 9.70. The van der Waals surface area contributed by atoms with Crippen molar-refractivity contribution in [3.05, 3.63) is 0 Å². The monoisotopic (exact) mass is 208 g/mol. The molecule has 0 rings (SSSR count). The number of rotatable bonds is 1. The molecule has 3 nitrogen and oxygen atoms in total. The van der Waals surface area contributed by atoms with Gasteiger partial charge in [-0.3, -0.25) is 4.79 Å². The van der Waals surface area contributed by atoms with Crippen molar-refractivity contribution in [2.75, 3.05) is 13.2 Å². The van der Waals surface area contributed by atoms with Crippen LogP contribution in [0.1, 0.15) is 0 Å². The standard InChI is InChI=1S/C2HCl3O.C2H6O2/c3-2(4,5)1-6;3-1-2-4/h1H;3-4H,1-2H2. The largest absolute Gasteiger partial charge is 0.394 e. The molecule has 0 saturated carbocycles. The van der Waals surface area contributed by atoms with Crippen LogP contribution in [0.4, 0.5) is 0 Å². The number of aliphatic hydroxyl groups is 2. The molecule has 0 fully saturated rings.